The van der Waals surface area contributed by atoms with Gasteiger partial charge in [-0.2, -0.15) is 5.23 Å². The maximum absolute atomic E-state index is 13.8. The Kier molecular flexibility index (Phi) is 8.20. The second-order valence-electron chi connectivity index (χ2n) is 10.0. The lowest BCUT2D eigenvalue weighted by atomic mass is 9.79. The molecule has 3 heterocycles. The first kappa shape index (κ1) is 30.6. The van der Waals surface area contributed by atoms with Gasteiger partial charge in [0.15, 0.2) is 5.69 Å². The second kappa shape index (κ2) is 11.5. The molecule has 1 atom stereocenters. The summed E-state index contributed by atoms with van der Waals surface area (Å²) in [5, 5.41) is 27.9. The summed E-state index contributed by atoms with van der Waals surface area (Å²) in [4.78, 5) is 77.1. The van der Waals surface area contributed by atoms with E-state index in [0.29, 0.717) is 17.0 Å². The van der Waals surface area contributed by atoms with E-state index in [0.717, 1.165) is 30.4 Å². The van der Waals surface area contributed by atoms with Crippen molar-refractivity contribution in [3.05, 3.63) is 111 Å². The van der Waals surface area contributed by atoms with Gasteiger partial charge >= 0.3 is 11.4 Å². The van der Waals surface area contributed by atoms with Crippen LogP contribution in [-0.2, 0) is 37.8 Å². The molecule has 4 rings (SSSR count). The van der Waals surface area contributed by atoms with Crippen LogP contribution in [0, 0.1) is 5.21 Å². The van der Waals surface area contributed by atoms with E-state index < -0.39 is 45.5 Å². The lowest BCUT2D eigenvalue weighted by Crippen LogP contribution is -2.99. The van der Waals surface area contributed by atoms with Crippen molar-refractivity contribution in [1.82, 2.24) is 23.6 Å². The summed E-state index contributed by atoms with van der Waals surface area (Å²) in [5.74, 6) is -2.77. The van der Waals surface area contributed by atoms with Gasteiger partial charge in [-0.05, 0) is 19.4 Å². The van der Waals surface area contributed by atoms with Gasteiger partial charge in [-0.15, -0.1) is 0 Å². The van der Waals surface area contributed by atoms with E-state index in [1.54, 1.807) is 13.8 Å². The molecule has 0 aliphatic carbocycles. The number of hydrogen-bond acceptors (Lipinski definition) is 9. The van der Waals surface area contributed by atoms with Gasteiger partial charge in [-0.1, -0.05) is 12.1 Å². The number of allylic oxidation sites excluding steroid dienone is 2. The topological polar surface area (TPSA) is 206 Å². The molecule has 43 heavy (non-hydrogen) atoms. The molecule has 2 amide bonds. The third-order valence-electron chi connectivity index (χ3n) is 7.28. The highest BCUT2D eigenvalue weighted by atomic mass is 16.8. The van der Waals surface area contributed by atoms with Crippen molar-refractivity contribution in [1.29, 1.82) is 0 Å². The Bertz CT molecular complexity index is 1840. The number of amides is 2. The molecular formula is C27H30N8O8. The van der Waals surface area contributed by atoms with Crippen molar-refractivity contribution in [3.63, 3.8) is 0 Å². The highest BCUT2D eigenvalue weighted by molar-refractivity contribution is 6.11. The van der Waals surface area contributed by atoms with Gasteiger partial charge in [0.05, 0.1) is 0 Å². The van der Waals surface area contributed by atoms with Crippen LogP contribution in [0.3, 0.4) is 0 Å². The van der Waals surface area contributed by atoms with E-state index in [1.807, 2.05) is 0 Å². The molecule has 0 fully saturated rings. The molecule has 1 aliphatic heterocycles. The normalized spacial score (nSPS) is 14.4. The molecule has 0 radical (unpaired) electrons. The number of rotatable bonds is 6. The monoisotopic (exact) mass is 594 g/mol. The summed E-state index contributed by atoms with van der Waals surface area (Å²) < 4.78 is 3.89. The average molecular weight is 595 g/mol. The standard InChI is InChI=1S/C27H30N8O8/c1-13-21(24(38)29-17-11-19(36)33(5)26(40)31(17)3)23(15-7-9-16(10-8-15)35(42)43)22(14(2)28-13)25(39)30-18-12-20(37)34(6)27(41)32(18)4/h7-12,23,28,35,42H,1-6H3,(H,29,38)(H,30,39). The SMILES string of the molecule is CC1=C(C(=O)Nc2cc(=O)n(C)c(=O)n2C)C(c2ccc([NH+]([O-])O)cc2)C(C(=O)Nc2cc(=O)n(C)c(=O)n2C)=C(C)N1. The van der Waals surface area contributed by atoms with Crippen LogP contribution in [0.4, 0.5) is 17.3 Å². The number of nitrogens with one attached hydrogen (secondary N) is 4. The Labute approximate surface area is 242 Å². The number of carbonyl (C=O) groups is 2. The first-order valence-electron chi connectivity index (χ1n) is 12.8. The molecule has 226 valence electrons. The van der Waals surface area contributed by atoms with Gasteiger partial charge in [-0.3, -0.25) is 37.4 Å². The molecule has 16 nitrogen and oxygen atoms in total. The van der Waals surface area contributed by atoms with Gasteiger partial charge in [-0.25, -0.2) is 14.8 Å². The predicted molar refractivity (Wildman–Crippen MR) is 155 cm³/mol. The third kappa shape index (κ3) is 5.61. The van der Waals surface area contributed by atoms with Gasteiger partial charge in [0.1, 0.15) is 11.6 Å². The maximum Gasteiger partial charge on any atom is 0.332 e. The highest BCUT2D eigenvalue weighted by Gasteiger charge is 2.37. The minimum absolute atomic E-state index is 0.0265. The van der Waals surface area contributed by atoms with Crippen LogP contribution in [-0.4, -0.2) is 35.3 Å². The molecule has 2 aromatic heterocycles. The fourth-order valence-corrected chi connectivity index (χ4v) is 4.82. The van der Waals surface area contributed by atoms with Gasteiger partial charge < -0.3 is 21.2 Å². The van der Waals surface area contributed by atoms with Gasteiger partial charge in [0.25, 0.3) is 22.9 Å². The number of aromatic nitrogens is 4. The lowest BCUT2D eigenvalue weighted by Gasteiger charge is -2.31. The smallest absolute Gasteiger partial charge is 0.332 e. The Morgan fingerprint density at radius 2 is 1.16 bits per heavy atom. The van der Waals surface area contributed by atoms with Crippen molar-refractivity contribution >= 4 is 29.1 Å². The van der Waals surface area contributed by atoms with Crippen molar-refractivity contribution in [2.45, 2.75) is 19.8 Å². The largest absolute Gasteiger partial charge is 0.595 e. The zero-order valence-corrected chi connectivity index (χ0v) is 24.1. The Balaban J connectivity index is 1.85. The third-order valence-corrected chi connectivity index (χ3v) is 7.28. The van der Waals surface area contributed by atoms with E-state index in [2.05, 4.69) is 16.0 Å². The first-order valence-corrected chi connectivity index (χ1v) is 12.8. The Morgan fingerprint density at radius 1 is 0.767 bits per heavy atom. The number of carbonyl (C=O) groups excluding carboxylic acids is 2. The summed E-state index contributed by atoms with van der Waals surface area (Å²) in [5.41, 5.74) is -1.56. The van der Waals surface area contributed by atoms with Crippen LogP contribution in [0.2, 0.25) is 0 Å². The van der Waals surface area contributed by atoms with E-state index in [-0.39, 0.29) is 28.5 Å². The summed E-state index contributed by atoms with van der Waals surface area (Å²) >= 11 is 0. The minimum atomic E-state index is -1.18. The molecule has 5 N–H and O–H groups in total. The fourth-order valence-electron chi connectivity index (χ4n) is 4.82. The van der Waals surface area contributed by atoms with Crippen LogP contribution in [0.5, 0.6) is 0 Å². The Morgan fingerprint density at radius 3 is 1.53 bits per heavy atom. The summed E-state index contributed by atoms with van der Waals surface area (Å²) in [6.45, 7) is 3.19. The van der Waals surface area contributed by atoms with E-state index >= 15 is 0 Å². The summed E-state index contributed by atoms with van der Waals surface area (Å²) in [6, 6.07) is 7.72. The summed E-state index contributed by atoms with van der Waals surface area (Å²) in [7, 11) is 5.33. The molecule has 0 saturated heterocycles. The predicted octanol–water partition coefficient (Wildman–Crippen LogP) is -1.60. The molecular weight excluding hydrogens is 564 g/mol. The second-order valence-corrected chi connectivity index (χ2v) is 10.0. The highest BCUT2D eigenvalue weighted by Crippen LogP contribution is 2.39. The molecule has 1 unspecified atom stereocenters. The van der Waals surface area contributed by atoms with Crippen molar-refractivity contribution in [2.75, 3.05) is 10.6 Å². The molecule has 0 saturated carbocycles. The van der Waals surface area contributed by atoms with Crippen molar-refractivity contribution in [2.24, 2.45) is 28.2 Å². The quantitative estimate of drug-likeness (QED) is 0.208. The number of nitrogens with zero attached hydrogens (tertiary/aromatic N) is 4. The summed E-state index contributed by atoms with van der Waals surface area (Å²) in [6.07, 6.45) is 0. The van der Waals surface area contributed by atoms with Crippen LogP contribution in [0.25, 0.3) is 0 Å². The first-order chi connectivity index (χ1) is 20.1. The van der Waals surface area contributed by atoms with Crippen LogP contribution in [0.1, 0.15) is 25.3 Å². The minimum Gasteiger partial charge on any atom is -0.595 e. The average Bonchev–Trinajstić information content (AvgIpc) is 2.95. The fraction of sp³-hybridized carbons (Fsp3) is 0.259. The molecule has 0 bridgehead atoms. The van der Waals surface area contributed by atoms with Gasteiger partial charge in [0.2, 0.25) is 0 Å². The van der Waals surface area contributed by atoms with Crippen LogP contribution >= 0.6 is 0 Å². The number of anilines is 2. The zero-order valence-electron chi connectivity index (χ0n) is 24.1. The van der Waals surface area contributed by atoms with E-state index in [9.17, 15) is 39.2 Å². The Hall–Kier alpha value is -5.32. The maximum atomic E-state index is 13.8. The molecule has 3 aromatic rings. The number of quaternary nitrogens is 1. The molecule has 0 spiro atoms. The van der Waals surface area contributed by atoms with Crippen molar-refractivity contribution < 1.29 is 20.0 Å². The molecule has 16 heteroatoms. The van der Waals surface area contributed by atoms with Crippen LogP contribution in [0.15, 0.2) is 78.1 Å². The van der Waals surface area contributed by atoms with E-state index in [4.69, 9.17) is 0 Å². The lowest BCUT2D eigenvalue weighted by molar-refractivity contribution is -0.991. The van der Waals surface area contributed by atoms with Crippen LogP contribution < -0.4 is 43.7 Å². The van der Waals surface area contributed by atoms with Crippen molar-refractivity contribution in [3.8, 4) is 0 Å². The number of dihydropyridines is 1. The molecule has 1 aromatic carbocycles. The molecule has 1 aliphatic rings. The number of hydrogen-bond donors (Lipinski definition) is 5. The number of benzene rings is 1. The van der Waals surface area contributed by atoms with E-state index in [1.165, 1.54) is 52.5 Å². The zero-order chi connectivity index (χ0) is 31.9. The van der Waals surface area contributed by atoms with Gasteiger partial charge in [0, 0.05) is 80.9 Å².